The minimum atomic E-state index is -0.778. The van der Waals surface area contributed by atoms with Crippen molar-refractivity contribution in [2.24, 2.45) is 23.7 Å². The van der Waals surface area contributed by atoms with Crippen molar-refractivity contribution < 1.29 is 14.7 Å². The molecule has 0 aromatic heterocycles. The highest BCUT2D eigenvalue weighted by molar-refractivity contribution is 5.76. The molecule has 0 saturated heterocycles. The molecule has 3 heteroatoms. The maximum absolute atomic E-state index is 10.8. The summed E-state index contributed by atoms with van der Waals surface area (Å²) in [4.78, 5) is 21.5. The second-order valence-electron chi connectivity index (χ2n) is 3.91. The van der Waals surface area contributed by atoms with Crippen LogP contribution in [0.1, 0.15) is 19.3 Å². The highest BCUT2D eigenvalue weighted by Gasteiger charge is 2.50. The van der Waals surface area contributed by atoms with Crippen molar-refractivity contribution in [2.45, 2.75) is 19.3 Å². The van der Waals surface area contributed by atoms with E-state index in [2.05, 4.69) is 0 Å². The third-order valence-electron chi connectivity index (χ3n) is 3.42. The SMILES string of the molecule is O=C[C@H]1[C@H]2CC[C@H](C2)[C@H]1C(=O)O. The molecule has 0 amide bonds. The van der Waals surface area contributed by atoms with E-state index in [0.29, 0.717) is 5.92 Å². The molecule has 1 N–H and O–H groups in total. The largest absolute Gasteiger partial charge is 0.481 e. The summed E-state index contributed by atoms with van der Waals surface area (Å²) >= 11 is 0. The van der Waals surface area contributed by atoms with Crippen LogP contribution in [0.3, 0.4) is 0 Å². The topological polar surface area (TPSA) is 54.4 Å². The molecular formula is C9H12O3. The van der Waals surface area contributed by atoms with Gasteiger partial charge in [0, 0.05) is 5.92 Å². The monoisotopic (exact) mass is 168 g/mol. The van der Waals surface area contributed by atoms with Gasteiger partial charge in [-0.3, -0.25) is 4.79 Å². The first-order chi connectivity index (χ1) is 5.74. The summed E-state index contributed by atoms with van der Waals surface area (Å²) < 4.78 is 0. The van der Waals surface area contributed by atoms with Gasteiger partial charge in [0.05, 0.1) is 5.92 Å². The molecule has 2 aliphatic carbocycles. The quantitative estimate of drug-likeness (QED) is 0.624. The average molecular weight is 168 g/mol. The second-order valence-corrected chi connectivity index (χ2v) is 3.91. The van der Waals surface area contributed by atoms with E-state index in [9.17, 15) is 9.59 Å². The zero-order valence-electron chi connectivity index (χ0n) is 6.77. The van der Waals surface area contributed by atoms with Gasteiger partial charge in [0.25, 0.3) is 0 Å². The second kappa shape index (κ2) is 2.57. The summed E-state index contributed by atoms with van der Waals surface area (Å²) in [6.07, 6.45) is 3.87. The molecule has 2 bridgehead atoms. The number of carbonyl (C=O) groups is 2. The van der Waals surface area contributed by atoms with Crippen molar-refractivity contribution in [3.63, 3.8) is 0 Å². The van der Waals surface area contributed by atoms with E-state index in [4.69, 9.17) is 5.11 Å². The first-order valence-electron chi connectivity index (χ1n) is 4.42. The predicted molar refractivity (Wildman–Crippen MR) is 41.5 cm³/mol. The Bertz CT molecular complexity index is 224. The molecule has 2 rings (SSSR count). The minimum absolute atomic E-state index is 0.193. The van der Waals surface area contributed by atoms with Crippen LogP contribution in [0.5, 0.6) is 0 Å². The number of hydrogen-bond acceptors (Lipinski definition) is 2. The Hall–Kier alpha value is -0.860. The van der Waals surface area contributed by atoms with Crippen molar-refractivity contribution >= 4 is 12.3 Å². The number of fused-ring (bicyclic) bond motifs is 2. The molecule has 2 saturated carbocycles. The summed E-state index contributed by atoms with van der Waals surface area (Å²) in [5, 5.41) is 8.88. The maximum atomic E-state index is 10.8. The molecule has 0 spiro atoms. The average Bonchev–Trinajstić information content (AvgIpc) is 2.60. The Kier molecular flexibility index (Phi) is 1.67. The van der Waals surface area contributed by atoms with Crippen LogP contribution in [0, 0.1) is 23.7 Å². The molecule has 3 nitrogen and oxygen atoms in total. The Morgan fingerprint density at radius 2 is 2.00 bits per heavy atom. The molecule has 2 fully saturated rings. The first-order valence-corrected chi connectivity index (χ1v) is 4.42. The zero-order chi connectivity index (χ0) is 8.72. The van der Waals surface area contributed by atoms with Crippen LogP contribution in [0.15, 0.2) is 0 Å². The lowest BCUT2D eigenvalue weighted by Crippen LogP contribution is -2.30. The summed E-state index contributed by atoms with van der Waals surface area (Å²) in [5.74, 6) is -0.696. The van der Waals surface area contributed by atoms with Gasteiger partial charge in [-0.05, 0) is 31.1 Å². The van der Waals surface area contributed by atoms with Gasteiger partial charge >= 0.3 is 5.97 Å². The van der Waals surface area contributed by atoms with Crippen LogP contribution in [-0.4, -0.2) is 17.4 Å². The van der Waals surface area contributed by atoms with E-state index in [-0.39, 0.29) is 17.8 Å². The van der Waals surface area contributed by atoms with E-state index in [0.717, 1.165) is 25.5 Å². The summed E-state index contributed by atoms with van der Waals surface area (Å²) in [6, 6.07) is 0. The standard InChI is InChI=1S/C9H12O3/c10-4-7-5-1-2-6(3-5)8(7)9(11)12/h4-8H,1-3H2,(H,11,12)/t5-,6+,7-,8+/m0/s1. The minimum Gasteiger partial charge on any atom is -0.481 e. The molecule has 4 atom stereocenters. The fraction of sp³-hybridized carbons (Fsp3) is 0.778. The van der Waals surface area contributed by atoms with Gasteiger partial charge in [0.1, 0.15) is 6.29 Å². The van der Waals surface area contributed by atoms with Gasteiger partial charge in [-0.1, -0.05) is 0 Å². The van der Waals surface area contributed by atoms with Crippen LogP contribution in [-0.2, 0) is 9.59 Å². The van der Waals surface area contributed by atoms with Gasteiger partial charge in [0.2, 0.25) is 0 Å². The third kappa shape index (κ3) is 0.886. The molecule has 0 heterocycles. The third-order valence-corrected chi connectivity index (χ3v) is 3.42. The lowest BCUT2D eigenvalue weighted by Gasteiger charge is -2.22. The lowest BCUT2D eigenvalue weighted by atomic mass is 9.80. The van der Waals surface area contributed by atoms with Crippen LogP contribution < -0.4 is 0 Å². The fourth-order valence-electron chi connectivity index (χ4n) is 2.90. The Balaban J connectivity index is 2.21. The summed E-state index contributed by atoms with van der Waals surface area (Å²) in [5.41, 5.74) is 0. The number of aliphatic carboxylic acids is 1. The van der Waals surface area contributed by atoms with E-state index in [1.54, 1.807) is 0 Å². The Labute approximate surface area is 70.8 Å². The fourth-order valence-corrected chi connectivity index (χ4v) is 2.90. The van der Waals surface area contributed by atoms with Gasteiger partial charge in [0.15, 0.2) is 0 Å². The molecule has 66 valence electrons. The van der Waals surface area contributed by atoms with E-state index in [1.807, 2.05) is 0 Å². The van der Waals surface area contributed by atoms with Crippen LogP contribution in [0.4, 0.5) is 0 Å². The predicted octanol–water partition coefficient (Wildman–Crippen LogP) is 0.932. The molecular weight excluding hydrogens is 156 g/mol. The Morgan fingerprint density at radius 3 is 2.50 bits per heavy atom. The lowest BCUT2D eigenvalue weighted by molar-refractivity contribution is -0.147. The van der Waals surface area contributed by atoms with Crippen molar-refractivity contribution in [1.82, 2.24) is 0 Å². The molecule has 0 aromatic rings. The number of hydrogen-bond donors (Lipinski definition) is 1. The van der Waals surface area contributed by atoms with Crippen LogP contribution in [0.2, 0.25) is 0 Å². The maximum Gasteiger partial charge on any atom is 0.307 e. The van der Waals surface area contributed by atoms with E-state index < -0.39 is 5.97 Å². The van der Waals surface area contributed by atoms with Crippen molar-refractivity contribution in [3.05, 3.63) is 0 Å². The first kappa shape index (κ1) is 7.77. The molecule has 0 radical (unpaired) electrons. The molecule has 2 aliphatic rings. The van der Waals surface area contributed by atoms with Crippen molar-refractivity contribution in [2.75, 3.05) is 0 Å². The highest BCUT2D eigenvalue weighted by atomic mass is 16.4. The summed E-state index contributed by atoms with van der Waals surface area (Å²) in [6.45, 7) is 0. The van der Waals surface area contributed by atoms with Gasteiger partial charge in [-0.25, -0.2) is 0 Å². The van der Waals surface area contributed by atoms with Gasteiger partial charge < -0.3 is 9.90 Å². The number of rotatable bonds is 2. The normalized spacial score (nSPS) is 44.7. The molecule has 0 aliphatic heterocycles. The summed E-state index contributed by atoms with van der Waals surface area (Å²) in [7, 11) is 0. The van der Waals surface area contributed by atoms with Crippen LogP contribution >= 0.6 is 0 Å². The number of carbonyl (C=O) groups excluding carboxylic acids is 1. The zero-order valence-corrected chi connectivity index (χ0v) is 6.77. The smallest absolute Gasteiger partial charge is 0.307 e. The van der Waals surface area contributed by atoms with Crippen molar-refractivity contribution in [3.8, 4) is 0 Å². The Morgan fingerprint density at radius 1 is 1.33 bits per heavy atom. The van der Waals surface area contributed by atoms with Gasteiger partial charge in [-0.15, -0.1) is 0 Å². The molecule has 0 aromatic carbocycles. The molecule has 0 unspecified atom stereocenters. The van der Waals surface area contributed by atoms with Gasteiger partial charge in [-0.2, -0.15) is 0 Å². The van der Waals surface area contributed by atoms with E-state index in [1.165, 1.54) is 0 Å². The molecule has 12 heavy (non-hydrogen) atoms. The number of carboxylic acid groups (broad SMARTS) is 1. The van der Waals surface area contributed by atoms with E-state index >= 15 is 0 Å². The number of carboxylic acids is 1. The van der Waals surface area contributed by atoms with Crippen molar-refractivity contribution in [1.29, 1.82) is 0 Å². The number of aldehydes is 1. The highest BCUT2D eigenvalue weighted by Crippen LogP contribution is 2.51. The van der Waals surface area contributed by atoms with Crippen LogP contribution in [0.25, 0.3) is 0 Å².